The van der Waals surface area contributed by atoms with Crippen molar-refractivity contribution in [1.29, 1.82) is 0 Å². The number of halogens is 1. The van der Waals surface area contributed by atoms with Gasteiger partial charge in [-0.2, -0.15) is 5.10 Å². The summed E-state index contributed by atoms with van der Waals surface area (Å²) in [6, 6.07) is 8.30. The number of primary sulfonamides is 1. The molecule has 2 rings (SSSR count). The Morgan fingerprint density at radius 2 is 1.92 bits per heavy atom. The summed E-state index contributed by atoms with van der Waals surface area (Å²) in [4.78, 5) is 4.58. The molecule has 0 aliphatic heterocycles. The fraction of sp³-hybridized carbons (Fsp3) is 0.333. The number of guanidine groups is 1. The third-order valence-electron chi connectivity index (χ3n) is 3.38. The van der Waals surface area contributed by atoms with E-state index in [-0.39, 0.29) is 28.9 Å². The van der Waals surface area contributed by atoms with E-state index in [1.54, 1.807) is 23.0 Å². The fourth-order valence-electron chi connectivity index (χ4n) is 2.05. The van der Waals surface area contributed by atoms with E-state index in [0.29, 0.717) is 19.0 Å². The van der Waals surface area contributed by atoms with E-state index in [1.807, 2.05) is 20.0 Å². The molecule has 138 valence electrons. The SMILES string of the molecule is CCNC(=NCc1ccc(S(N)(=O)=O)cc1)NCc1ccnn1C.I. The molecule has 0 unspecified atom stereocenters. The van der Waals surface area contributed by atoms with E-state index in [0.717, 1.165) is 17.8 Å². The van der Waals surface area contributed by atoms with Crippen LogP contribution in [0.2, 0.25) is 0 Å². The van der Waals surface area contributed by atoms with Crippen molar-refractivity contribution in [3.8, 4) is 0 Å². The third kappa shape index (κ3) is 6.63. The Labute approximate surface area is 165 Å². The van der Waals surface area contributed by atoms with Gasteiger partial charge in [0.05, 0.1) is 23.7 Å². The number of nitrogens with zero attached hydrogens (tertiary/aromatic N) is 3. The molecule has 0 radical (unpaired) electrons. The lowest BCUT2D eigenvalue weighted by Gasteiger charge is -2.11. The second-order valence-corrected chi connectivity index (χ2v) is 6.75. The first-order valence-corrected chi connectivity index (χ1v) is 9.05. The zero-order valence-electron chi connectivity index (χ0n) is 14.1. The van der Waals surface area contributed by atoms with Crippen molar-refractivity contribution in [3.05, 3.63) is 47.8 Å². The molecule has 8 nitrogen and oxygen atoms in total. The van der Waals surface area contributed by atoms with Crippen LogP contribution in [0.1, 0.15) is 18.2 Å². The minimum Gasteiger partial charge on any atom is -0.357 e. The van der Waals surface area contributed by atoms with Crippen LogP contribution in [0.15, 0.2) is 46.4 Å². The number of aliphatic imine (C=N–C) groups is 1. The van der Waals surface area contributed by atoms with Gasteiger partial charge in [-0.05, 0) is 30.7 Å². The van der Waals surface area contributed by atoms with E-state index in [1.165, 1.54) is 12.1 Å². The molecule has 1 aromatic heterocycles. The predicted molar refractivity (Wildman–Crippen MR) is 108 cm³/mol. The van der Waals surface area contributed by atoms with E-state index in [2.05, 4.69) is 20.7 Å². The van der Waals surface area contributed by atoms with Gasteiger partial charge in [0.25, 0.3) is 0 Å². The van der Waals surface area contributed by atoms with Crippen LogP contribution in [-0.4, -0.2) is 30.7 Å². The number of nitrogens with one attached hydrogen (secondary N) is 2. The van der Waals surface area contributed by atoms with Gasteiger partial charge in [0, 0.05) is 19.8 Å². The summed E-state index contributed by atoms with van der Waals surface area (Å²) in [6.45, 7) is 3.75. The Hall–Kier alpha value is -1.66. The highest BCUT2D eigenvalue weighted by Gasteiger charge is 2.06. The van der Waals surface area contributed by atoms with Crippen molar-refractivity contribution >= 4 is 40.0 Å². The number of benzene rings is 1. The van der Waals surface area contributed by atoms with Crippen LogP contribution in [-0.2, 0) is 30.2 Å². The summed E-state index contributed by atoms with van der Waals surface area (Å²) in [6.07, 6.45) is 1.74. The van der Waals surface area contributed by atoms with Gasteiger partial charge >= 0.3 is 0 Å². The Bertz CT molecular complexity index is 802. The molecule has 1 aromatic carbocycles. The lowest BCUT2D eigenvalue weighted by atomic mass is 10.2. The van der Waals surface area contributed by atoms with Gasteiger partial charge in [-0.1, -0.05) is 12.1 Å². The molecule has 0 fully saturated rings. The van der Waals surface area contributed by atoms with Gasteiger partial charge in [-0.25, -0.2) is 18.5 Å². The standard InChI is InChI=1S/C15H22N6O2S.HI/c1-3-17-15(19-11-13-8-9-20-21(13)2)18-10-12-4-6-14(7-5-12)24(16,22)23;/h4-9H,3,10-11H2,1-2H3,(H2,16,22,23)(H2,17,18,19);1H. The van der Waals surface area contributed by atoms with Gasteiger partial charge < -0.3 is 10.6 Å². The summed E-state index contributed by atoms with van der Waals surface area (Å²) in [7, 11) is -1.78. The minimum absolute atomic E-state index is 0. The molecule has 0 saturated heterocycles. The van der Waals surface area contributed by atoms with Gasteiger partial charge in [-0.15, -0.1) is 24.0 Å². The van der Waals surface area contributed by atoms with Crippen LogP contribution in [0.25, 0.3) is 0 Å². The highest BCUT2D eigenvalue weighted by atomic mass is 127. The van der Waals surface area contributed by atoms with Crippen LogP contribution in [0.5, 0.6) is 0 Å². The normalized spacial score (nSPS) is 11.7. The Kier molecular flexibility index (Phi) is 8.32. The van der Waals surface area contributed by atoms with Gasteiger partial charge in [0.2, 0.25) is 10.0 Å². The maximum Gasteiger partial charge on any atom is 0.238 e. The number of hydrogen-bond donors (Lipinski definition) is 3. The highest BCUT2D eigenvalue weighted by Crippen LogP contribution is 2.09. The third-order valence-corrected chi connectivity index (χ3v) is 4.30. The fourth-order valence-corrected chi connectivity index (χ4v) is 2.56. The molecule has 4 N–H and O–H groups in total. The largest absolute Gasteiger partial charge is 0.357 e. The van der Waals surface area contributed by atoms with E-state index < -0.39 is 10.0 Å². The second kappa shape index (κ2) is 9.73. The Balaban J connectivity index is 0.00000312. The first kappa shape index (κ1) is 21.4. The molecule has 0 saturated carbocycles. The van der Waals surface area contributed by atoms with Crippen molar-refractivity contribution in [3.63, 3.8) is 0 Å². The topological polar surface area (TPSA) is 114 Å². The summed E-state index contributed by atoms with van der Waals surface area (Å²) < 4.78 is 24.3. The number of sulfonamides is 1. The number of aromatic nitrogens is 2. The molecule has 10 heteroatoms. The molecule has 0 spiro atoms. The number of rotatable bonds is 6. The maximum atomic E-state index is 11.2. The first-order chi connectivity index (χ1) is 11.4. The van der Waals surface area contributed by atoms with E-state index in [9.17, 15) is 8.42 Å². The average Bonchev–Trinajstić information content (AvgIpc) is 2.95. The highest BCUT2D eigenvalue weighted by molar-refractivity contribution is 14.0. The van der Waals surface area contributed by atoms with E-state index in [4.69, 9.17) is 5.14 Å². The molecule has 0 amide bonds. The lowest BCUT2D eigenvalue weighted by Crippen LogP contribution is -2.37. The number of nitrogens with two attached hydrogens (primary N) is 1. The molecule has 1 heterocycles. The molecule has 0 atom stereocenters. The molecule has 0 aliphatic rings. The van der Waals surface area contributed by atoms with Crippen molar-refractivity contribution in [1.82, 2.24) is 20.4 Å². The monoisotopic (exact) mass is 478 g/mol. The van der Waals surface area contributed by atoms with Gasteiger partial charge in [0.15, 0.2) is 5.96 Å². The second-order valence-electron chi connectivity index (χ2n) is 5.18. The van der Waals surface area contributed by atoms with E-state index >= 15 is 0 Å². The number of aryl methyl sites for hydroxylation is 1. The lowest BCUT2D eigenvalue weighted by molar-refractivity contribution is 0.598. The van der Waals surface area contributed by atoms with Crippen molar-refractivity contribution in [2.45, 2.75) is 24.9 Å². The smallest absolute Gasteiger partial charge is 0.238 e. The summed E-state index contributed by atoms with van der Waals surface area (Å²) in [5, 5.41) is 15.6. The quantitative estimate of drug-likeness (QED) is 0.325. The summed E-state index contributed by atoms with van der Waals surface area (Å²) in [5.74, 6) is 0.675. The Morgan fingerprint density at radius 1 is 1.24 bits per heavy atom. The molecular weight excluding hydrogens is 455 g/mol. The van der Waals surface area contributed by atoms with Crippen LogP contribution in [0, 0.1) is 0 Å². The minimum atomic E-state index is -3.67. The molecule has 25 heavy (non-hydrogen) atoms. The predicted octanol–water partition coefficient (Wildman–Crippen LogP) is 0.941. The zero-order valence-corrected chi connectivity index (χ0v) is 17.3. The number of hydrogen-bond acceptors (Lipinski definition) is 4. The zero-order chi connectivity index (χ0) is 17.6. The van der Waals surface area contributed by atoms with Crippen LogP contribution in [0.4, 0.5) is 0 Å². The first-order valence-electron chi connectivity index (χ1n) is 7.51. The molecule has 2 aromatic rings. The molecular formula is C15H23IN6O2S. The van der Waals surface area contributed by atoms with Crippen molar-refractivity contribution in [2.75, 3.05) is 6.54 Å². The average molecular weight is 478 g/mol. The summed E-state index contributed by atoms with van der Waals surface area (Å²) in [5.41, 5.74) is 1.93. The summed E-state index contributed by atoms with van der Waals surface area (Å²) >= 11 is 0. The van der Waals surface area contributed by atoms with Crippen LogP contribution in [0.3, 0.4) is 0 Å². The van der Waals surface area contributed by atoms with Crippen molar-refractivity contribution < 1.29 is 8.42 Å². The van der Waals surface area contributed by atoms with Crippen LogP contribution >= 0.6 is 24.0 Å². The molecule has 0 bridgehead atoms. The van der Waals surface area contributed by atoms with Gasteiger partial charge in [-0.3, -0.25) is 4.68 Å². The maximum absolute atomic E-state index is 11.2. The Morgan fingerprint density at radius 3 is 2.44 bits per heavy atom. The van der Waals surface area contributed by atoms with Crippen LogP contribution < -0.4 is 15.8 Å². The van der Waals surface area contributed by atoms with Gasteiger partial charge in [0.1, 0.15) is 0 Å². The van der Waals surface area contributed by atoms with Crippen molar-refractivity contribution in [2.24, 2.45) is 17.2 Å². The molecule has 0 aliphatic carbocycles.